The lowest BCUT2D eigenvalue weighted by molar-refractivity contribution is -0.143. The summed E-state index contributed by atoms with van der Waals surface area (Å²) in [4.78, 5) is 61.6. The molecule has 0 bridgehead atoms. The molecule has 13 heteroatoms. The Balaban J connectivity index is 1.86. The van der Waals surface area contributed by atoms with Crippen molar-refractivity contribution in [3.63, 3.8) is 0 Å². The van der Waals surface area contributed by atoms with Crippen LogP contribution in [0.2, 0.25) is 0 Å². The summed E-state index contributed by atoms with van der Waals surface area (Å²) in [5.74, 6) is -2.64. The van der Waals surface area contributed by atoms with E-state index >= 15 is 0 Å². The number of carbonyl (C=O) groups is 4. The van der Waals surface area contributed by atoms with E-state index in [0.29, 0.717) is 17.9 Å². The third kappa shape index (κ3) is 8.33. The highest BCUT2D eigenvalue weighted by molar-refractivity contribution is 7.98. The molecule has 0 fully saturated rings. The first-order valence-corrected chi connectivity index (χ1v) is 14.4. The Morgan fingerprint density at radius 3 is 2.33 bits per heavy atom. The highest BCUT2D eigenvalue weighted by Gasteiger charge is 2.32. The Kier molecular flexibility index (Phi) is 11.1. The second-order valence-electron chi connectivity index (χ2n) is 9.92. The summed E-state index contributed by atoms with van der Waals surface area (Å²) >= 11 is 1.56. The number of rotatable bonds is 15. The van der Waals surface area contributed by atoms with E-state index in [2.05, 4.69) is 30.9 Å². The number of nitrogens with two attached hydrogens (primary N) is 1. The Bertz CT molecular complexity index is 1290. The van der Waals surface area contributed by atoms with E-state index in [1.165, 1.54) is 12.5 Å². The van der Waals surface area contributed by atoms with Crippen LogP contribution in [0.25, 0.3) is 10.9 Å². The van der Waals surface area contributed by atoms with E-state index in [0.717, 1.165) is 16.5 Å². The maximum Gasteiger partial charge on any atom is 0.326 e. The van der Waals surface area contributed by atoms with Gasteiger partial charge in [0, 0.05) is 41.8 Å². The molecule has 0 aliphatic carbocycles. The van der Waals surface area contributed by atoms with Crippen molar-refractivity contribution in [1.82, 2.24) is 30.9 Å². The molecule has 1 aromatic carbocycles. The molecular weight excluding hydrogens is 534 g/mol. The average molecular weight is 572 g/mol. The number of carboxylic acid groups (broad SMARTS) is 1. The summed E-state index contributed by atoms with van der Waals surface area (Å²) in [6.45, 7) is 3.35. The fourth-order valence-electron chi connectivity index (χ4n) is 4.25. The molecule has 0 saturated carbocycles. The Morgan fingerprint density at radius 1 is 1.00 bits per heavy atom. The standard InChI is InChI=1S/C27H37N7O5S/c1-15(2)23(27(38)39)34-26(37)22(11-17-13-29-14-31-17)33-25(36)21(32-24(35)19(28)8-9-40-3)10-16-12-30-20-7-5-4-6-18(16)20/h4-7,12-15,19,21-23,30H,8-11,28H2,1-3H3,(H,29,31)(H,32,35)(H,33,36)(H,34,37)(H,38,39). The lowest BCUT2D eigenvalue weighted by atomic mass is 10.0. The molecule has 2 aromatic heterocycles. The first kappa shape index (κ1) is 30.7. The molecule has 3 aromatic rings. The Hall–Kier alpha value is -3.84. The molecule has 216 valence electrons. The van der Waals surface area contributed by atoms with Gasteiger partial charge in [0.1, 0.15) is 18.1 Å². The smallest absolute Gasteiger partial charge is 0.326 e. The minimum Gasteiger partial charge on any atom is -0.480 e. The highest BCUT2D eigenvalue weighted by Crippen LogP contribution is 2.19. The number of nitrogens with zero attached hydrogens (tertiary/aromatic N) is 1. The van der Waals surface area contributed by atoms with Crippen molar-refractivity contribution in [2.75, 3.05) is 12.0 Å². The largest absolute Gasteiger partial charge is 0.480 e. The number of nitrogens with one attached hydrogen (secondary N) is 5. The van der Waals surface area contributed by atoms with Crippen LogP contribution in [0.1, 0.15) is 31.5 Å². The molecule has 2 heterocycles. The van der Waals surface area contributed by atoms with E-state index in [-0.39, 0.29) is 18.8 Å². The number of carboxylic acids is 1. The molecule has 12 nitrogen and oxygen atoms in total. The van der Waals surface area contributed by atoms with Gasteiger partial charge in [-0.25, -0.2) is 9.78 Å². The summed E-state index contributed by atoms with van der Waals surface area (Å²) in [5.41, 5.74) is 8.32. The summed E-state index contributed by atoms with van der Waals surface area (Å²) in [5, 5.41) is 18.5. The third-order valence-corrected chi connectivity index (χ3v) is 7.19. The number of hydrogen-bond acceptors (Lipinski definition) is 7. The van der Waals surface area contributed by atoms with Crippen LogP contribution in [-0.2, 0) is 32.0 Å². The van der Waals surface area contributed by atoms with Crippen LogP contribution in [-0.4, -0.2) is 79.9 Å². The second kappa shape index (κ2) is 14.5. The zero-order valence-corrected chi connectivity index (χ0v) is 23.6. The predicted octanol–water partition coefficient (Wildman–Crippen LogP) is 0.952. The van der Waals surface area contributed by atoms with Crippen molar-refractivity contribution < 1.29 is 24.3 Å². The summed E-state index contributed by atoms with van der Waals surface area (Å²) in [7, 11) is 0. The van der Waals surface area contributed by atoms with Gasteiger partial charge < -0.3 is 36.8 Å². The minimum absolute atomic E-state index is 0.0308. The van der Waals surface area contributed by atoms with Crippen LogP contribution < -0.4 is 21.7 Å². The fraction of sp³-hybridized carbons (Fsp3) is 0.444. The maximum absolute atomic E-state index is 13.7. The summed E-state index contributed by atoms with van der Waals surface area (Å²) in [6.07, 6.45) is 7.25. The van der Waals surface area contributed by atoms with Crippen LogP contribution >= 0.6 is 11.8 Å². The van der Waals surface area contributed by atoms with Gasteiger partial charge in [-0.15, -0.1) is 0 Å². The van der Waals surface area contributed by atoms with Crippen LogP contribution in [0.15, 0.2) is 43.0 Å². The van der Waals surface area contributed by atoms with E-state index in [1.807, 2.05) is 30.5 Å². The van der Waals surface area contributed by atoms with Crippen molar-refractivity contribution in [3.05, 3.63) is 54.2 Å². The van der Waals surface area contributed by atoms with Gasteiger partial charge >= 0.3 is 5.97 Å². The van der Waals surface area contributed by atoms with Crippen molar-refractivity contribution in [3.8, 4) is 0 Å². The van der Waals surface area contributed by atoms with Crippen molar-refractivity contribution >= 4 is 46.4 Å². The summed E-state index contributed by atoms with van der Waals surface area (Å²) in [6, 6.07) is 3.44. The molecule has 3 amide bonds. The van der Waals surface area contributed by atoms with E-state index in [1.54, 1.807) is 31.8 Å². The number of aliphatic carboxylic acids is 1. The first-order valence-electron chi connectivity index (χ1n) is 13.0. The lowest BCUT2D eigenvalue weighted by Crippen LogP contribution is -2.58. The topological polar surface area (TPSA) is 195 Å². The van der Waals surface area contributed by atoms with Crippen molar-refractivity contribution in [1.29, 1.82) is 0 Å². The number of benzene rings is 1. The summed E-state index contributed by atoms with van der Waals surface area (Å²) < 4.78 is 0. The molecule has 8 N–H and O–H groups in total. The average Bonchev–Trinajstić information content (AvgIpc) is 3.59. The fourth-order valence-corrected chi connectivity index (χ4v) is 4.74. The molecule has 40 heavy (non-hydrogen) atoms. The molecule has 4 atom stereocenters. The second-order valence-corrected chi connectivity index (χ2v) is 10.9. The van der Waals surface area contributed by atoms with Gasteiger partial charge in [-0.05, 0) is 36.0 Å². The maximum atomic E-state index is 13.7. The Labute approximate surface area is 236 Å². The van der Waals surface area contributed by atoms with Crippen LogP contribution in [0.5, 0.6) is 0 Å². The molecule has 4 unspecified atom stereocenters. The predicted molar refractivity (Wildman–Crippen MR) is 154 cm³/mol. The number of aromatic amines is 2. The number of H-pyrrole nitrogens is 2. The van der Waals surface area contributed by atoms with Gasteiger partial charge in [0.15, 0.2) is 0 Å². The van der Waals surface area contributed by atoms with Gasteiger partial charge in [0.25, 0.3) is 0 Å². The third-order valence-electron chi connectivity index (χ3n) is 6.54. The van der Waals surface area contributed by atoms with Gasteiger partial charge in [0.05, 0.1) is 12.4 Å². The minimum atomic E-state index is -1.18. The molecular formula is C27H37N7O5S. The van der Waals surface area contributed by atoms with E-state index < -0.39 is 47.9 Å². The van der Waals surface area contributed by atoms with Gasteiger partial charge in [-0.2, -0.15) is 11.8 Å². The molecule has 0 saturated heterocycles. The number of carbonyl (C=O) groups excluding carboxylic acids is 3. The monoisotopic (exact) mass is 571 g/mol. The molecule has 3 rings (SSSR count). The number of aromatic nitrogens is 3. The zero-order valence-electron chi connectivity index (χ0n) is 22.8. The lowest BCUT2D eigenvalue weighted by Gasteiger charge is -2.26. The van der Waals surface area contributed by atoms with Crippen molar-refractivity contribution in [2.24, 2.45) is 11.7 Å². The van der Waals surface area contributed by atoms with Crippen LogP contribution in [0, 0.1) is 5.92 Å². The first-order chi connectivity index (χ1) is 19.1. The van der Waals surface area contributed by atoms with Crippen LogP contribution in [0.3, 0.4) is 0 Å². The number of hydrogen-bond donors (Lipinski definition) is 7. The zero-order chi connectivity index (χ0) is 29.2. The molecule has 0 aliphatic rings. The molecule has 0 spiro atoms. The number of thioether (sulfide) groups is 1. The van der Waals surface area contributed by atoms with E-state index in [4.69, 9.17) is 5.73 Å². The van der Waals surface area contributed by atoms with Gasteiger partial charge in [-0.1, -0.05) is 32.0 Å². The number of amides is 3. The van der Waals surface area contributed by atoms with Gasteiger partial charge in [-0.3, -0.25) is 14.4 Å². The quantitative estimate of drug-likeness (QED) is 0.140. The normalized spacial score (nSPS) is 14.3. The number of imidazole rings is 1. The number of fused-ring (bicyclic) bond motifs is 1. The van der Waals surface area contributed by atoms with Crippen LogP contribution in [0.4, 0.5) is 0 Å². The Morgan fingerprint density at radius 2 is 1.68 bits per heavy atom. The van der Waals surface area contributed by atoms with E-state index in [9.17, 15) is 24.3 Å². The SMILES string of the molecule is CSCCC(N)C(=O)NC(Cc1c[nH]c2ccccc12)C(=O)NC(Cc1cnc[nH]1)C(=O)NC(C(=O)O)C(C)C. The number of para-hydroxylation sites is 1. The highest BCUT2D eigenvalue weighted by atomic mass is 32.2. The van der Waals surface area contributed by atoms with Crippen molar-refractivity contribution in [2.45, 2.75) is 57.3 Å². The van der Waals surface area contributed by atoms with Gasteiger partial charge in [0.2, 0.25) is 17.7 Å². The molecule has 0 aliphatic heterocycles. The molecule has 0 radical (unpaired) electrons.